The molecule has 0 saturated heterocycles. The topological polar surface area (TPSA) is 36.9 Å². The third kappa shape index (κ3) is 1.80. The van der Waals surface area contributed by atoms with Gasteiger partial charge in [-0.15, -0.1) is 0 Å². The van der Waals surface area contributed by atoms with Gasteiger partial charge >= 0.3 is 0 Å². The Hall–Kier alpha value is -2.53. The number of para-hydroxylation sites is 1. The van der Waals surface area contributed by atoms with Gasteiger partial charge in [0.05, 0.1) is 5.56 Å². The number of furan rings is 1. The Balaban J connectivity index is 2.33. The van der Waals surface area contributed by atoms with Gasteiger partial charge in [-0.05, 0) is 25.5 Å². The molecule has 0 N–H and O–H groups in total. The fraction of sp³-hybridized carbons (Fsp3) is 0.118. The molecule has 0 amide bonds. The maximum atomic E-state index is 9.13. The van der Waals surface area contributed by atoms with Crippen LogP contribution in [0.4, 0.5) is 0 Å². The number of benzene rings is 2. The summed E-state index contributed by atoms with van der Waals surface area (Å²) >= 11 is 0. The molecule has 0 radical (unpaired) electrons. The zero-order valence-corrected chi connectivity index (χ0v) is 10.9. The van der Waals surface area contributed by atoms with Crippen LogP contribution in [-0.2, 0) is 0 Å². The smallest absolute Gasteiger partial charge is 0.152 e. The van der Waals surface area contributed by atoms with Crippen LogP contribution in [0.5, 0.6) is 0 Å². The van der Waals surface area contributed by atoms with Crippen molar-refractivity contribution in [2.45, 2.75) is 13.8 Å². The molecule has 0 unspecified atom stereocenters. The highest BCUT2D eigenvalue weighted by atomic mass is 16.3. The zero-order chi connectivity index (χ0) is 13.4. The Bertz CT molecular complexity index is 788. The van der Waals surface area contributed by atoms with Gasteiger partial charge in [0.15, 0.2) is 5.58 Å². The van der Waals surface area contributed by atoms with Crippen molar-refractivity contribution in [2.75, 3.05) is 0 Å². The lowest BCUT2D eigenvalue weighted by atomic mass is 10.0. The summed E-state index contributed by atoms with van der Waals surface area (Å²) in [6.45, 7) is 4.01. The van der Waals surface area contributed by atoms with Crippen molar-refractivity contribution in [1.29, 1.82) is 5.26 Å². The molecule has 0 bridgehead atoms. The second-order valence-corrected chi connectivity index (χ2v) is 4.69. The number of nitrogens with zero attached hydrogens (tertiary/aromatic N) is 1. The highest BCUT2D eigenvalue weighted by Crippen LogP contribution is 2.35. The van der Waals surface area contributed by atoms with E-state index in [2.05, 4.69) is 37.3 Å². The Labute approximate surface area is 111 Å². The number of hydrogen-bond acceptors (Lipinski definition) is 2. The lowest BCUT2D eigenvalue weighted by molar-refractivity contribution is 0.579. The van der Waals surface area contributed by atoms with Crippen LogP contribution in [0.25, 0.3) is 22.1 Å². The van der Waals surface area contributed by atoms with E-state index in [-0.39, 0.29) is 0 Å². The normalized spacial score (nSPS) is 10.6. The molecule has 92 valence electrons. The van der Waals surface area contributed by atoms with Crippen LogP contribution in [-0.4, -0.2) is 0 Å². The van der Waals surface area contributed by atoms with Crippen LogP contribution in [0.1, 0.15) is 16.9 Å². The Kier molecular flexibility index (Phi) is 2.61. The van der Waals surface area contributed by atoms with Crippen molar-refractivity contribution < 1.29 is 4.42 Å². The predicted molar refractivity (Wildman–Crippen MR) is 75.8 cm³/mol. The Morgan fingerprint density at radius 1 is 1.00 bits per heavy atom. The molecule has 0 saturated carbocycles. The standard InChI is InChI=1S/C17H13NO/c1-11-6-8-13(9-7-11)16-12(2)19-17-14(10-18)4-3-5-15(16)17/h3-9H,1-2H3. The second kappa shape index (κ2) is 4.29. The molecule has 2 heteroatoms. The van der Waals surface area contributed by atoms with Gasteiger partial charge in [0.25, 0.3) is 0 Å². The van der Waals surface area contributed by atoms with Gasteiger partial charge in [0.1, 0.15) is 11.8 Å². The highest BCUT2D eigenvalue weighted by molar-refractivity contribution is 5.98. The summed E-state index contributed by atoms with van der Waals surface area (Å²) in [5, 5.41) is 10.1. The van der Waals surface area contributed by atoms with Gasteiger partial charge in [-0.3, -0.25) is 0 Å². The number of rotatable bonds is 1. The van der Waals surface area contributed by atoms with Gasteiger partial charge in [-0.25, -0.2) is 0 Å². The van der Waals surface area contributed by atoms with Crippen LogP contribution in [0.15, 0.2) is 46.9 Å². The van der Waals surface area contributed by atoms with E-state index in [9.17, 15) is 0 Å². The first-order chi connectivity index (χ1) is 9.20. The van der Waals surface area contributed by atoms with Crippen LogP contribution >= 0.6 is 0 Å². The van der Waals surface area contributed by atoms with E-state index in [4.69, 9.17) is 9.68 Å². The molecule has 0 spiro atoms. The van der Waals surface area contributed by atoms with E-state index in [1.54, 1.807) is 6.07 Å². The third-order valence-corrected chi connectivity index (χ3v) is 3.35. The molecule has 1 heterocycles. The molecule has 0 fully saturated rings. The zero-order valence-electron chi connectivity index (χ0n) is 10.9. The molecular formula is C17H13NO. The number of fused-ring (bicyclic) bond motifs is 1. The lowest BCUT2D eigenvalue weighted by Gasteiger charge is -2.01. The first-order valence-electron chi connectivity index (χ1n) is 6.20. The lowest BCUT2D eigenvalue weighted by Crippen LogP contribution is -1.80. The van der Waals surface area contributed by atoms with E-state index in [0.29, 0.717) is 11.1 Å². The molecular weight excluding hydrogens is 234 g/mol. The van der Waals surface area contributed by atoms with Gasteiger partial charge in [0.2, 0.25) is 0 Å². The molecule has 3 rings (SSSR count). The van der Waals surface area contributed by atoms with Gasteiger partial charge < -0.3 is 4.42 Å². The second-order valence-electron chi connectivity index (χ2n) is 4.69. The van der Waals surface area contributed by atoms with E-state index >= 15 is 0 Å². The number of hydrogen-bond donors (Lipinski definition) is 0. The SMILES string of the molecule is Cc1ccc(-c2c(C)oc3c(C#N)cccc23)cc1. The fourth-order valence-corrected chi connectivity index (χ4v) is 2.40. The summed E-state index contributed by atoms with van der Waals surface area (Å²) in [7, 11) is 0. The van der Waals surface area contributed by atoms with Crippen LogP contribution in [0, 0.1) is 25.2 Å². The van der Waals surface area contributed by atoms with Crippen LogP contribution < -0.4 is 0 Å². The third-order valence-electron chi connectivity index (χ3n) is 3.35. The summed E-state index contributed by atoms with van der Waals surface area (Å²) in [6.07, 6.45) is 0. The fourth-order valence-electron chi connectivity index (χ4n) is 2.40. The monoisotopic (exact) mass is 247 g/mol. The molecule has 0 aliphatic heterocycles. The maximum Gasteiger partial charge on any atom is 0.152 e. The molecule has 0 aliphatic rings. The van der Waals surface area contributed by atoms with Crippen molar-refractivity contribution in [1.82, 2.24) is 0 Å². The van der Waals surface area contributed by atoms with Crippen molar-refractivity contribution in [2.24, 2.45) is 0 Å². The summed E-state index contributed by atoms with van der Waals surface area (Å²) in [5.41, 5.74) is 4.69. The summed E-state index contributed by atoms with van der Waals surface area (Å²) < 4.78 is 5.78. The minimum atomic E-state index is 0.582. The molecule has 0 atom stereocenters. The van der Waals surface area contributed by atoms with E-state index < -0.39 is 0 Å². The van der Waals surface area contributed by atoms with E-state index in [1.165, 1.54) is 5.56 Å². The van der Waals surface area contributed by atoms with Gasteiger partial charge in [-0.2, -0.15) is 5.26 Å². The first kappa shape index (κ1) is 11.6. The van der Waals surface area contributed by atoms with Crippen molar-refractivity contribution >= 4 is 11.0 Å². The average molecular weight is 247 g/mol. The Morgan fingerprint density at radius 3 is 2.42 bits per heavy atom. The minimum Gasteiger partial charge on any atom is -0.459 e. The summed E-state index contributed by atoms with van der Waals surface area (Å²) in [5.74, 6) is 0.849. The first-order valence-corrected chi connectivity index (χ1v) is 6.20. The predicted octanol–water partition coefficient (Wildman–Crippen LogP) is 4.59. The maximum absolute atomic E-state index is 9.13. The molecule has 19 heavy (non-hydrogen) atoms. The molecule has 0 aliphatic carbocycles. The van der Waals surface area contributed by atoms with Gasteiger partial charge in [0, 0.05) is 10.9 Å². The number of nitriles is 1. The van der Waals surface area contributed by atoms with Crippen LogP contribution in [0.3, 0.4) is 0 Å². The quantitative estimate of drug-likeness (QED) is 0.630. The Morgan fingerprint density at radius 2 is 1.74 bits per heavy atom. The minimum absolute atomic E-state index is 0.582. The van der Waals surface area contributed by atoms with Crippen molar-refractivity contribution in [3.63, 3.8) is 0 Å². The number of aryl methyl sites for hydroxylation is 2. The van der Waals surface area contributed by atoms with Crippen molar-refractivity contribution in [3.8, 4) is 17.2 Å². The molecule has 3 aromatic rings. The van der Waals surface area contributed by atoms with Crippen LogP contribution in [0.2, 0.25) is 0 Å². The highest BCUT2D eigenvalue weighted by Gasteiger charge is 2.14. The average Bonchev–Trinajstić information content (AvgIpc) is 2.76. The van der Waals surface area contributed by atoms with Gasteiger partial charge in [-0.1, -0.05) is 42.0 Å². The molecule has 1 aromatic heterocycles. The summed E-state index contributed by atoms with van der Waals surface area (Å²) in [4.78, 5) is 0. The summed E-state index contributed by atoms with van der Waals surface area (Å²) in [6, 6.07) is 16.2. The molecule has 2 aromatic carbocycles. The molecule has 2 nitrogen and oxygen atoms in total. The van der Waals surface area contributed by atoms with E-state index in [0.717, 1.165) is 22.3 Å². The van der Waals surface area contributed by atoms with E-state index in [1.807, 2.05) is 19.1 Å². The van der Waals surface area contributed by atoms with Crippen molar-refractivity contribution in [3.05, 3.63) is 59.4 Å². The largest absolute Gasteiger partial charge is 0.459 e.